The van der Waals surface area contributed by atoms with Gasteiger partial charge < -0.3 is 10.4 Å². The molecule has 0 aliphatic carbocycles. The first-order chi connectivity index (χ1) is 9.15. The van der Waals surface area contributed by atoms with Crippen molar-refractivity contribution >= 4 is 34.5 Å². The van der Waals surface area contributed by atoms with Crippen LogP contribution >= 0.6 is 22.6 Å². The molecule has 1 amide bonds. The van der Waals surface area contributed by atoms with Gasteiger partial charge in [-0.1, -0.05) is 13.8 Å². The highest BCUT2D eigenvalue weighted by molar-refractivity contribution is 14.1. The average Bonchev–Trinajstić information content (AvgIpc) is 2.26. The van der Waals surface area contributed by atoms with Crippen molar-refractivity contribution in [3.8, 4) is 0 Å². The summed E-state index contributed by atoms with van der Waals surface area (Å²) < 4.78 is 13.5. The Balaban J connectivity index is 2.99. The van der Waals surface area contributed by atoms with Crippen LogP contribution in [0.25, 0.3) is 0 Å². The number of carboxylic acids is 1. The number of carbonyl (C=O) groups excluding carboxylic acids is 1. The number of amides is 1. The zero-order chi connectivity index (χ0) is 15.5. The zero-order valence-electron chi connectivity index (χ0n) is 11.5. The maximum absolute atomic E-state index is 13.0. The van der Waals surface area contributed by atoms with E-state index in [-0.39, 0.29) is 12.3 Å². The first kappa shape index (κ1) is 16.9. The number of rotatable bonds is 5. The third-order valence-corrected chi connectivity index (χ3v) is 4.26. The third kappa shape index (κ3) is 4.16. The minimum atomic E-state index is -0.977. The van der Waals surface area contributed by atoms with Gasteiger partial charge in [-0.05, 0) is 53.6 Å². The van der Waals surface area contributed by atoms with Crippen LogP contribution in [0.3, 0.4) is 0 Å². The molecular weight excluding hydrogens is 376 g/mol. The van der Waals surface area contributed by atoms with E-state index in [1.165, 1.54) is 18.2 Å². The molecule has 0 bridgehead atoms. The molecule has 4 nitrogen and oxygen atoms in total. The molecule has 1 rings (SSSR count). The van der Waals surface area contributed by atoms with Gasteiger partial charge in [0.25, 0.3) is 5.91 Å². The molecule has 1 unspecified atom stereocenters. The van der Waals surface area contributed by atoms with Crippen molar-refractivity contribution in [3.05, 3.63) is 33.1 Å². The SMILES string of the molecule is CC(C)C(C)(CC(=O)O)NC(=O)c1ccc(F)cc1I. The van der Waals surface area contributed by atoms with E-state index in [1.807, 2.05) is 36.4 Å². The Morgan fingerprint density at radius 1 is 1.45 bits per heavy atom. The fourth-order valence-electron chi connectivity index (χ4n) is 1.71. The smallest absolute Gasteiger partial charge is 0.305 e. The molecular formula is C14H17FINO3. The van der Waals surface area contributed by atoms with Crippen LogP contribution in [-0.4, -0.2) is 22.5 Å². The summed E-state index contributed by atoms with van der Waals surface area (Å²) >= 11 is 1.88. The third-order valence-electron chi connectivity index (χ3n) is 3.37. The molecule has 0 radical (unpaired) electrons. The lowest BCUT2D eigenvalue weighted by Gasteiger charge is -2.33. The van der Waals surface area contributed by atoms with E-state index in [0.29, 0.717) is 9.13 Å². The summed E-state index contributed by atoms with van der Waals surface area (Å²) in [7, 11) is 0. The second-order valence-electron chi connectivity index (χ2n) is 5.22. The van der Waals surface area contributed by atoms with Gasteiger partial charge in [-0.2, -0.15) is 0 Å². The molecule has 0 heterocycles. The highest BCUT2D eigenvalue weighted by Gasteiger charge is 2.33. The van der Waals surface area contributed by atoms with Crippen molar-refractivity contribution in [2.24, 2.45) is 5.92 Å². The molecule has 1 atom stereocenters. The number of halogens is 2. The number of carboxylic acid groups (broad SMARTS) is 1. The van der Waals surface area contributed by atoms with Crippen molar-refractivity contribution < 1.29 is 19.1 Å². The second-order valence-corrected chi connectivity index (χ2v) is 6.38. The van der Waals surface area contributed by atoms with Crippen molar-refractivity contribution in [1.29, 1.82) is 0 Å². The van der Waals surface area contributed by atoms with Gasteiger partial charge in [0.2, 0.25) is 0 Å². The van der Waals surface area contributed by atoms with Crippen LogP contribution in [0.15, 0.2) is 18.2 Å². The van der Waals surface area contributed by atoms with Gasteiger partial charge >= 0.3 is 5.97 Å². The fourth-order valence-corrected chi connectivity index (χ4v) is 2.43. The lowest BCUT2D eigenvalue weighted by Crippen LogP contribution is -2.51. The number of aliphatic carboxylic acids is 1. The predicted octanol–water partition coefficient (Wildman–Crippen LogP) is 3.05. The summed E-state index contributed by atoms with van der Waals surface area (Å²) in [5, 5.41) is 11.7. The van der Waals surface area contributed by atoms with Crippen LogP contribution in [0.2, 0.25) is 0 Å². The van der Waals surface area contributed by atoms with Gasteiger partial charge in [0.05, 0.1) is 17.5 Å². The molecule has 0 spiro atoms. The second kappa shape index (κ2) is 6.51. The molecule has 1 aromatic rings. The summed E-state index contributed by atoms with van der Waals surface area (Å²) in [5.74, 6) is -1.84. The normalized spacial score (nSPS) is 13.9. The van der Waals surface area contributed by atoms with Gasteiger partial charge in [-0.3, -0.25) is 9.59 Å². The molecule has 0 saturated carbocycles. The maximum atomic E-state index is 13.0. The molecule has 2 N–H and O–H groups in total. The van der Waals surface area contributed by atoms with Crippen LogP contribution in [0.5, 0.6) is 0 Å². The highest BCUT2D eigenvalue weighted by atomic mass is 127. The molecule has 0 saturated heterocycles. The maximum Gasteiger partial charge on any atom is 0.305 e. The van der Waals surface area contributed by atoms with E-state index in [0.717, 1.165) is 0 Å². The number of hydrogen-bond acceptors (Lipinski definition) is 2. The van der Waals surface area contributed by atoms with Crippen LogP contribution < -0.4 is 5.32 Å². The van der Waals surface area contributed by atoms with Gasteiger partial charge in [-0.15, -0.1) is 0 Å². The standard InChI is InChI=1S/C14H17FINO3/c1-8(2)14(3,7-12(18)19)17-13(20)10-5-4-9(15)6-11(10)16/h4-6,8H,7H2,1-3H3,(H,17,20)(H,18,19). The first-order valence-electron chi connectivity index (χ1n) is 6.15. The van der Waals surface area contributed by atoms with E-state index >= 15 is 0 Å². The van der Waals surface area contributed by atoms with Gasteiger partial charge in [0, 0.05) is 3.57 Å². The summed E-state index contributed by atoms with van der Waals surface area (Å²) in [4.78, 5) is 23.2. The van der Waals surface area contributed by atoms with E-state index in [2.05, 4.69) is 5.32 Å². The van der Waals surface area contributed by atoms with Crippen molar-refractivity contribution in [2.45, 2.75) is 32.7 Å². The Labute approximate surface area is 130 Å². The van der Waals surface area contributed by atoms with E-state index in [4.69, 9.17) is 5.11 Å². The molecule has 110 valence electrons. The van der Waals surface area contributed by atoms with Crippen molar-refractivity contribution in [1.82, 2.24) is 5.32 Å². The molecule has 0 fully saturated rings. The Hall–Kier alpha value is -1.18. The predicted molar refractivity (Wildman–Crippen MR) is 82.1 cm³/mol. The average molecular weight is 393 g/mol. The van der Waals surface area contributed by atoms with Crippen LogP contribution in [0, 0.1) is 15.3 Å². The van der Waals surface area contributed by atoms with E-state index < -0.39 is 23.2 Å². The Kier molecular flexibility index (Phi) is 5.50. The van der Waals surface area contributed by atoms with Crippen LogP contribution in [0.1, 0.15) is 37.6 Å². The molecule has 1 aromatic carbocycles. The Bertz CT molecular complexity index is 533. The quantitative estimate of drug-likeness (QED) is 0.756. The number of nitrogens with one attached hydrogen (secondary N) is 1. The fraction of sp³-hybridized carbons (Fsp3) is 0.429. The summed E-state index contributed by atoms with van der Waals surface area (Å²) in [6.07, 6.45) is -0.172. The van der Waals surface area contributed by atoms with Gasteiger partial charge in [0.1, 0.15) is 5.82 Å². The highest BCUT2D eigenvalue weighted by Crippen LogP contribution is 2.22. The molecule has 20 heavy (non-hydrogen) atoms. The largest absolute Gasteiger partial charge is 0.481 e. The topological polar surface area (TPSA) is 66.4 Å². The zero-order valence-corrected chi connectivity index (χ0v) is 13.7. The molecule has 0 aliphatic heterocycles. The van der Waals surface area contributed by atoms with E-state index in [1.54, 1.807) is 6.92 Å². The van der Waals surface area contributed by atoms with Gasteiger partial charge in [0.15, 0.2) is 0 Å². The lowest BCUT2D eigenvalue weighted by atomic mass is 9.85. The van der Waals surface area contributed by atoms with E-state index in [9.17, 15) is 14.0 Å². The number of benzene rings is 1. The van der Waals surface area contributed by atoms with Crippen LogP contribution in [-0.2, 0) is 4.79 Å². The summed E-state index contributed by atoms with van der Waals surface area (Å²) in [5.41, 5.74) is -0.523. The van der Waals surface area contributed by atoms with Gasteiger partial charge in [-0.25, -0.2) is 4.39 Å². The minimum absolute atomic E-state index is 0.0549. The lowest BCUT2D eigenvalue weighted by molar-refractivity contribution is -0.138. The molecule has 6 heteroatoms. The summed E-state index contributed by atoms with van der Waals surface area (Å²) in [6, 6.07) is 3.87. The number of hydrogen-bond donors (Lipinski definition) is 2. The minimum Gasteiger partial charge on any atom is -0.481 e. The molecule has 0 aromatic heterocycles. The number of carbonyl (C=O) groups is 2. The van der Waals surface area contributed by atoms with Crippen molar-refractivity contribution in [2.75, 3.05) is 0 Å². The Morgan fingerprint density at radius 2 is 2.05 bits per heavy atom. The first-order valence-corrected chi connectivity index (χ1v) is 7.23. The monoisotopic (exact) mass is 393 g/mol. The Morgan fingerprint density at radius 3 is 2.50 bits per heavy atom. The van der Waals surface area contributed by atoms with Crippen LogP contribution in [0.4, 0.5) is 4.39 Å². The van der Waals surface area contributed by atoms with Crippen molar-refractivity contribution in [3.63, 3.8) is 0 Å². The molecule has 0 aliphatic rings. The summed E-state index contributed by atoms with van der Waals surface area (Å²) in [6.45, 7) is 5.39.